The Labute approximate surface area is 331 Å². The number of hydrogen-bond donors (Lipinski definition) is 3. The molecule has 56 heavy (non-hydrogen) atoms. The van der Waals surface area contributed by atoms with E-state index >= 15 is 0 Å². The van der Waals surface area contributed by atoms with Crippen LogP contribution in [-0.2, 0) is 39.8 Å². The van der Waals surface area contributed by atoms with Crippen LogP contribution in [0.3, 0.4) is 0 Å². The van der Waals surface area contributed by atoms with E-state index in [1.165, 1.54) is 4.90 Å². The smallest absolute Gasteiger partial charge is 0.408 e. The molecule has 13 heteroatoms. The number of likely N-dealkylation sites (tertiary alicyclic amines) is 1. The second-order valence-electron chi connectivity index (χ2n) is 16.8. The van der Waals surface area contributed by atoms with E-state index in [0.29, 0.717) is 63.5 Å². The highest BCUT2D eigenvalue weighted by molar-refractivity contribution is 5.97. The number of nitrogens with one attached hydrogen (secondary N) is 3. The predicted molar refractivity (Wildman–Crippen MR) is 210 cm³/mol. The Morgan fingerprint density at radius 1 is 0.768 bits per heavy atom. The molecule has 0 bridgehead atoms. The molecule has 3 atom stereocenters. The molecule has 0 radical (unpaired) electrons. The van der Waals surface area contributed by atoms with Gasteiger partial charge in [-0.1, -0.05) is 67.8 Å². The summed E-state index contributed by atoms with van der Waals surface area (Å²) in [6.45, 7) is 10.9. The largest absolute Gasteiger partial charge is 0.462 e. The molecule has 2 fully saturated rings. The molecule has 0 aromatic heterocycles. The molecule has 2 aromatic carbocycles. The Morgan fingerprint density at radius 3 is 2.02 bits per heavy atom. The van der Waals surface area contributed by atoms with Gasteiger partial charge < -0.3 is 35.1 Å². The first-order valence-corrected chi connectivity index (χ1v) is 19.9. The van der Waals surface area contributed by atoms with Gasteiger partial charge in [-0.25, -0.2) is 14.4 Å². The number of esters is 2. The van der Waals surface area contributed by atoms with Crippen molar-refractivity contribution in [3.05, 3.63) is 71.8 Å². The van der Waals surface area contributed by atoms with Gasteiger partial charge in [-0.3, -0.25) is 14.4 Å². The molecule has 2 aliphatic rings. The van der Waals surface area contributed by atoms with E-state index in [4.69, 9.17) is 14.2 Å². The highest BCUT2D eigenvalue weighted by Crippen LogP contribution is 2.30. The molecule has 2 aromatic rings. The van der Waals surface area contributed by atoms with Crippen LogP contribution in [0.25, 0.3) is 0 Å². The summed E-state index contributed by atoms with van der Waals surface area (Å²) in [7, 11) is 0. The van der Waals surface area contributed by atoms with Crippen molar-refractivity contribution in [3.8, 4) is 0 Å². The Hall–Kier alpha value is -4.94. The maximum atomic E-state index is 14.5. The first-order valence-electron chi connectivity index (χ1n) is 19.9. The fraction of sp³-hybridized carbons (Fsp3) is 0.581. The van der Waals surface area contributed by atoms with Crippen LogP contribution in [0.1, 0.15) is 122 Å². The molecule has 1 heterocycles. The quantitative estimate of drug-likeness (QED) is 0.115. The van der Waals surface area contributed by atoms with Gasteiger partial charge in [0.2, 0.25) is 17.7 Å². The lowest BCUT2D eigenvalue weighted by Gasteiger charge is -2.39. The summed E-state index contributed by atoms with van der Waals surface area (Å²) >= 11 is 0. The monoisotopic (exact) mass is 776 g/mol. The van der Waals surface area contributed by atoms with Crippen molar-refractivity contribution in [3.63, 3.8) is 0 Å². The average Bonchev–Trinajstić information content (AvgIpc) is 3.64. The number of unbranched alkanes of at least 4 members (excludes halogenated alkanes) is 1. The van der Waals surface area contributed by atoms with Gasteiger partial charge in [-0.15, -0.1) is 0 Å². The summed E-state index contributed by atoms with van der Waals surface area (Å²) in [6, 6.07) is 15.1. The molecular weight excluding hydrogens is 716 g/mol. The van der Waals surface area contributed by atoms with Gasteiger partial charge in [0.15, 0.2) is 0 Å². The highest BCUT2D eigenvalue weighted by atomic mass is 16.6. The molecule has 3 N–H and O–H groups in total. The summed E-state index contributed by atoms with van der Waals surface area (Å²) in [6.07, 6.45) is 4.32. The molecule has 1 saturated heterocycles. The van der Waals surface area contributed by atoms with Gasteiger partial charge in [0.25, 0.3) is 0 Å². The van der Waals surface area contributed by atoms with Gasteiger partial charge in [0.1, 0.15) is 34.9 Å². The second-order valence-corrected chi connectivity index (χ2v) is 16.8. The Balaban J connectivity index is 1.52. The fourth-order valence-electron chi connectivity index (χ4n) is 7.07. The number of alkyl carbamates (subject to hydrolysis) is 1. The summed E-state index contributed by atoms with van der Waals surface area (Å²) in [5, 5.41) is 8.70. The van der Waals surface area contributed by atoms with Gasteiger partial charge in [-0.2, -0.15) is 0 Å². The number of hydrogen-bond acceptors (Lipinski definition) is 9. The van der Waals surface area contributed by atoms with Crippen molar-refractivity contribution in [2.75, 3.05) is 13.2 Å². The lowest BCUT2D eigenvalue weighted by atomic mass is 9.80. The minimum Gasteiger partial charge on any atom is -0.462 e. The summed E-state index contributed by atoms with van der Waals surface area (Å²) < 4.78 is 16.5. The maximum absolute atomic E-state index is 14.5. The molecule has 1 aliphatic carbocycles. The Bertz CT molecular complexity index is 1650. The third kappa shape index (κ3) is 13.4. The van der Waals surface area contributed by atoms with Gasteiger partial charge >= 0.3 is 18.0 Å². The van der Waals surface area contributed by atoms with Crippen LogP contribution in [0.15, 0.2) is 60.7 Å². The normalized spacial score (nSPS) is 17.8. The van der Waals surface area contributed by atoms with Crippen molar-refractivity contribution in [2.24, 2.45) is 0 Å². The van der Waals surface area contributed by atoms with E-state index in [2.05, 4.69) is 16.0 Å². The zero-order valence-electron chi connectivity index (χ0n) is 33.8. The highest BCUT2D eigenvalue weighted by Gasteiger charge is 2.45. The molecule has 4 amide bonds. The van der Waals surface area contributed by atoms with E-state index in [1.807, 2.05) is 30.3 Å². The molecule has 4 rings (SSSR count). The van der Waals surface area contributed by atoms with Crippen LogP contribution in [0.5, 0.6) is 0 Å². The Kier molecular flexibility index (Phi) is 15.5. The molecular formula is C43H60N4O9. The number of ether oxygens (including phenoxy) is 3. The van der Waals surface area contributed by atoms with Crippen LogP contribution in [0.4, 0.5) is 4.79 Å². The summed E-state index contributed by atoms with van der Waals surface area (Å²) in [4.78, 5) is 83.1. The topological polar surface area (TPSA) is 169 Å². The van der Waals surface area contributed by atoms with Crippen LogP contribution in [-0.4, -0.2) is 88.7 Å². The zero-order chi connectivity index (χ0) is 40.9. The predicted octanol–water partition coefficient (Wildman–Crippen LogP) is 5.79. The average molecular weight is 777 g/mol. The van der Waals surface area contributed by atoms with Crippen molar-refractivity contribution >= 4 is 35.8 Å². The maximum Gasteiger partial charge on any atom is 0.408 e. The second kappa shape index (κ2) is 19.8. The van der Waals surface area contributed by atoms with Crippen LogP contribution >= 0.6 is 0 Å². The molecule has 1 saturated carbocycles. The number of benzene rings is 2. The number of rotatable bonds is 15. The number of nitrogens with zero attached hydrogens (tertiary/aromatic N) is 1. The minimum atomic E-state index is -1.36. The first kappa shape index (κ1) is 43.8. The fourth-order valence-corrected chi connectivity index (χ4v) is 7.07. The lowest BCUT2D eigenvalue weighted by Crippen LogP contribution is -2.65. The number of carbonyl (C=O) groups excluding carboxylic acids is 6. The van der Waals surface area contributed by atoms with Crippen molar-refractivity contribution < 1.29 is 43.0 Å². The SMILES string of the molecule is CC(C)(C)OC(=O)N[C@@H](CCCCOC(=O)c1ccccc1)C(=O)NC1(C(=O)N[C@@H](Cc2ccccc2)C(=O)N2CCC[C@@H]2C(=O)OC(C)(C)C)CCCCC1. The Morgan fingerprint density at radius 2 is 1.39 bits per heavy atom. The van der Waals surface area contributed by atoms with Crippen LogP contribution in [0.2, 0.25) is 0 Å². The van der Waals surface area contributed by atoms with E-state index < -0.39 is 70.6 Å². The lowest BCUT2D eigenvalue weighted by molar-refractivity contribution is -0.163. The summed E-state index contributed by atoms with van der Waals surface area (Å²) in [5.74, 6) is -2.40. The van der Waals surface area contributed by atoms with Crippen molar-refractivity contribution in [1.82, 2.24) is 20.9 Å². The first-order chi connectivity index (χ1) is 26.5. The van der Waals surface area contributed by atoms with Crippen molar-refractivity contribution in [1.29, 1.82) is 0 Å². The zero-order valence-corrected chi connectivity index (χ0v) is 33.8. The summed E-state index contributed by atoms with van der Waals surface area (Å²) in [5.41, 5.74) is -1.66. The van der Waals surface area contributed by atoms with Crippen molar-refractivity contribution in [2.45, 2.75) is 147 Å². The van der Waals surface area contributed by atoms with Crippen LogP contribution in [0, 0.1) is 0 Å². The van der Waals surface area contributed by atoms with Gasteiger partial charge in [0.05, 0.1) is 12.2 Å². The molecule has 13 nitrogen and oxygen atoms in total. The third-order valence-corrected chi connectivity index (χ3v) is 9.74. The molecule has 1 aliphatic heterocycles. The van der Waals surface area contributed by atoms with E-state index in [0.717, 1.165) is 12.0 Å². The van der Waals surface area contributed by atoms with E-state index in [9.17, 15) is 28.8 Å². The van der Waals surface area contributed by atoms with E-state index in [-0.39, 0.29) is 19.4 Å². The molecule has 0 spiro atoms. The standard InChI is InChI=1S/C43H60N4O9/c1-41(2,3)55-38(51)34-24-18-27-47(34)36(49)33(29-30-19-10-7-11-20-30)44-39(52)43(25-15-9-16-26-43)46-35(48)32(45-40(53)56-42(4,5)6)23-14-17-28-54-37(50)31-21-12-8-13-22-31/h7-8,10-13,19-22,32-34H,9,14-18,23-29H2,1-6H3,(H,44,52)(H,45,53)(H,46,48)/t32-,33-,34+/m0/s1. The molecule has 0 unspecified atom stereocenters. The number of amides is 4. The van der Waals surface area contributed by atoms with Gasteiger partial charge in [-0.05, 0) is 104 Å². The van der Waals surface area contributed by atoms with Gasteiger partial charge in [0, 0.05) is 13.0 Å². The molecule has 306 valence electrons. The number of carbonyl (C=O) groups is 6. The third-order valence-electron chi connectivity index (χ3n) is 9.74. The van der Waals surface area contributed by atoms with Crippen LogP contribution < -0.4 is 16.0 Å². The van der Waals surface area contributed by atoms with E-state index in [1.54, 1.807) is 71.9 Å². The minimum absolute atomic E-state index is 0.115.